The van der Waals surface area contributed by atoms with E-state index in [1.807, 2.05) is 6.07 Å². The number of nitrogens with zero attached hydrogens (tertiary/aromatic N) is 4. The molecule has 1 aromatic carbocycles. The number of aromatic nitrogens is 3. The van der Waals surface area contributed by atoms with Crippen molar-refractivity contribution in [2.24, 2.45) is 0 Å². The molecule has 7 nitrogen and oxygen atoms in total. The molecule has 1 N–H and O–H groups in total. The molecule has 0 saturated carbocycles. The highest BCUT2D eigenvalue weighted by molar-refractivity contribution is 5.63. The Morgan fingerprint density at radius 1 is 1.40 bits per heavy atom. The molecule has 0 unspecified atom stereocenters. The summed E-state index contributed by atoms with van der Waals surface area (Å²) in [6, 6.07) is 6.88. The first-order valence-corrected chi connectivity index (χ1v) is 6.59. The number of para-hydroxylation sites is 2. The van der Waals surface area contributed by atoms with E-state index < -0.39 is 0 Å². The number of nitro benzene ring substituents is 1. The van der Waals surface area contributed by atoms with Crippen LogP contribution in [0.25, 0.3) is 0 Å². The minimum absolute atomic E-state index is 0.158. The molecule has 1 aliphatic heterocycles. The van der Waals surface area contributed by atoms with Crippen molar-refractivity contribution in [3.63, 3.8) is 0 Å². The Morgan fingerprint density at radius 3 is 3.00 bits per heavy atom. The van der Waals surface area contributed by atoms with Gasteiger partial charge in [0.2, 0.25) is 0 Å². The monoisotopic (exact) mass is 273 g/mol. The second kappa shape index (κ2) is 5.28. The molecule has 1 saturated heterocycles. The van der Waals surface area contributed by atoms with Gasteiger partial charge in [0.1, 0.15) is 17.8 Å². The van der Waals surface area contributed by atoms with Gasteiger partial charge < -0.3 is 4.90 Å². The summed E-state index contributed by atoms with van der Waals surface area (Å²) in [5, 5.41) is 17.9. The number of piperidine rings is 1. The van der Waals surface area contributed by atoms with Gasteiger partial charge in [-0.25, -0.2) is 4.98 Å². The van der Waals surface area contributed by atoms with Gasteiger partial charge in [0, 0.05) is 25.1 Å². The van der Waals surface area contributed by atoms with Crippen LogP contribution in [0.15, 0.2) is 30.6 Å². The SMILES string of the molecule is O=[N+]([O-])c1ccccc1N1CCC[C@H](c2ncn[nH]2)C1. The highest BCUT2D eigenvalue weighted by Crippen LogP contribution is 2.33. The molecule has 20 heavy (non-hydrogen) atoms. The van der Waals surface area contributed by atoms with E-state index in [0.717, 1.165) is 31.8 Å². The van der Waals surface area contributed by atoms with Crippen LogP contribution < -0.4 is 4.90 Å². The van der Waals surface area contributed by atoms with Crippen molar-refractivity contribution < 1.29 is 4.92 Å². The van der Waals surface area contributed by atoms with Crippen LogP contribution in [0.3, 0.4) is 0 Å². The van der Waals surface area contributed by atoms with Gasteiger partial charge in [-0.15, -0.1) is 0 Å². The Hall–Kier alpha value is -2.44. The highest BCUT2D eigenvalue weighted by atomic mass is 16.6. The lowest BCUT2D eigenvalue weighted by Gasteiger charge is -2.33. The van der Waals surface area contributed by atoms with Gasteiger partial charge >= 0.3 is 0 Å². The van der Waals surface area contributed by atoms with Crippen molar-refractivity contribution >= 4 is 11.4 Å². The van der Waals surface area contributed by atoms with Crippen LogP contribution in [-0.4, -0.2) is 33.2 Å². The lowest BCUT2D eigenvalue weighted by atomic mass is 9.96. The summed E-state index contributed by atoms with van der Waals surface area (Å²) in [6.45, 7) is 1.55. The smallest absolute Gasteiger partial charge is 0.292 e. The maximum atomic E-state index is 11.1. The van der Waals surface area contributed by atoms with Crippen LogP contribution in [0.4, 0.5) is 11.4 Å². The second-order valence-electron chi connectivity index (χ2n) is 4.90. The Bertz CT molecular complexity index is 599. The standard InChI is InChI=1S/C13H15N5O2/c19-18(20)12-6-2-1-5-11(12)17-7-3-4-10(8-17)13-14-9-15-16-13/h1-2,5-6,9-10H,3-4,7-8H2,(H,14,15,16)/t10-/m0/s1. The van der Waals surface area contributed by atoms with E-state index in [2.05, 4.69) is 20.1 Å². The molecule has 2 heterocycles. The molecule has 0 aliphatic carbocycles. The number of H-pyrrole nitrogens is 1. The molecule has 2 aromatic rings. The number of rotatable bonds is 3. The summed E-state index contributed by atoms with van der Waals surface area (Å²) in [5.41, 5.74) is 0.840. The van der Waals surface area contributed by atoms with Crippen LogP contribution in [-0.2, 0) is 0 Å². The van der Waals surface area contributed by atoms with Gasteiger partial charge in [-0.1, -0.05) is 12.1 Å². The number of hydrogen-bond acceptors (Lipinski definition) is 5. The van der Waals surface area contributed by atoms with Crippen LogP contribution in [0.5, 0.6) is 0 Å². The average Bonchev–Trinajstić information content (AvgIpc) is 3.01. The summed E-state index contributed by atoms with van der Waals surface area (Å²) >= 11 is 0. The molecule has 0 radical (unpaired) electrons. The molecule has 0 bridgehead atoms. The lowest BCUT2D eigenvalue weighted by molar-refractivity contribution is -0.384. The quantitative estimate of drug-likeness (QED) is 0.683. The number of nitro groups is 1. The zero-order chi connectivity index (χ0) is 13.9. The van der Waals surface area contributed by atoms with E-state index in [9.17, 15) is 10.1 Å². The number of nitrogens with one attached hydrogen (secondary N) is 1. The Morgan fingerprint density at radius 2 is 2.25 bits per heavy atom. The minimum Gasteiger partial charge on any atom is -0.365 e. The molecule has 104 valence electrons. The third-order valence-electron chi connectivity index (χ3n) is 3.66. The summed E-state index contributed by atoms with van der Waals surface area (Å²) in [7, 11) is 0. The van der Waals surface area contributed by atoms with Crippen molar-refractivity contribution in [2.45, 2.75) is 18.8 Å². The predicted octanol–water partition coefficient (Wildman–Crippen LogP) is 2.10. The first kappa shape index (κ1) is 12.6. The van der Waals surface area contributed by atoms with Gasteiger partial charge in [0.25, 0.3) is 5.69 Å². The Labute approximate surface area is 115 Å². The summed E-state index contributed by atoms with van der Waals surface area (Å²) in [6.07, 6.45) is 3.50. The number of benzene rings is 1. The number of anilines is 1. The van der Waals surface area contributed by atoms with Gasteiger partial charge in [-0.3, -0.25) is 15.2 Å². The summed E-state index contributed by atoms with van der Waals surface area (Å²) < 4.78 is 0. The first-order chi connectivity index (χ1) is 9.75. The number of hydrogen-bond donors (Lipinski definition) is 1. The van der Waals surface area contributed by atoms with Crippen LogP contribution >= 0.6 is 0 Å². The maximum Gasteiger partial charge on any atom is 0.292 e. The van der Waals surface area contributed by atoms with E-state index in [0.29, 0.717) is 5.69 Å². The van der Waals surface area contributed by atoms with Gasteiger partial charge in [0.05, 0.1) is 4.92 Å². The minimum atomic E-state index is -0.326. The third kappa shape index (κ3) is 2.34. The van der Waals surface area contributed by atoms with Crippen molar-refractivity contribution in [3.05, 3.63) is 46.5 Å². The Balaban J connectivity index is 1.86. The molecule has 0 amide bonds. The molecular formula is C13H15N5O2. The van der Waals surface area contributed by atoms with Crippen molar-refractivity contribution in [2.75, 3.05) is 18.0 Å². The molecule has 1 aliphatic rings. The average molecular weight is 273 g/mol. The normalized spacial score (nSPS) is 19.0. The fraction of sp³-hybridized carbons (Fsp3) is 0.385. The van der Waals surface area contributed by atoms with Crippen LogP contribution in [0.2, 0.25) is 0 Å². The zero-order valence-corrected chi connectivity index (χ0v) is 10.9. The topological polar surface area (TPSA) is 87.9 Å². The van der Waals surface area contributed by atoms with Crippen molar-refractivity contribution in [1.82, 2.24) is 15.2 Å². The van der Waals surface area contributed by atoms with Gasteiger partial charge in [-0.2, -0.15) is 5.10 Å². The van der Waals surface area contributed by atoms with Crippen molar-refractivity contribution in [3.8, 4) is 0 Å². The highest BCUT2D eigenvalue weighted by Gasteiger charge is 2.27. The third-order valence-corrected chi connectivity index (χ3v) is 3.66. The molecule has 7 heteroatoms. The van der Waals surface area contributed by atoms with Gasteiger partial charge in [0.15, 0.2) is 0 Å². The van der Waals surface area contributed by atoms with E-state index in [-0.39, 0.29) is 16.5 Å². The molecule has 3 rings (SSSR count). The fourth-order valence-corrected chi connectivity index (χ4v) is 2.72. The molecule has 1 fully saturated rings. The zero-order valence-electron chi connectivity index (χ0n) is 10.9. The fourth-order valence-electron chi connectivity index (χ4n) is 2.72. The molecular weight excluding hydrogens is 258 g/mol. The van der Waals surface area contributed by atoms with E-state index >= 15 is 0 Å². The first-order valence-electron chi connectivity index (χ1n) is 6.59. The van der Waals surface area contributed by atoms with E-state index in [1.165, 1.54) is 6.33 Å². The van der Waals surface area contributed by atoms with Crippen LogP contribution in [0.1, 0.15) is 24.6 Å². The van der Waals surface area contributed by atoms with E-state index in [1.54, 1.807) is 18.2 Å². The second-order valence-corrected chi connectivity index (χ2v) is 4.90. The number of aromatic amines is 1. The maximum absolute atomic E-state index is 11.1. The summed E-state index contributed by atoms with van der Waals surface area (Å²) in [4.78, 5) is 17.1. The van der Waals surface area contributed by atoms with Gasteiger partial charge in [-0.05, 0) is 18.9 Å². The van der Waals surface area contributed by atoms with E-state index in [4.69, 9.17) is 0 Å². The lowest BCUT2D eigenvalue weighted by Crippen LogP contribution is -2.35. The summed E-state index contributed by atoms with van der Waals surface area (Å²) in [5.74, 6) is 1.10. The molecule has 1 aromatic heterocycles. The van der Waals surface area contributed by atoms with Crippen molar-refractivity contribution in [1.29, 1.82) is 0 Å². The molecule has 0 spiro atoms. The molecule has 1 atom stereocenters. The predicted molar refractivity (Wildman–Crippen MR) is 73.7 cm³/mol. The van der Waals surface area contributed by atoms with Crippen LogP contribution in [0, 0.1) is 10.1 Å². The largest absolute Gasteiger partial charge is 0.365 e. The Kier molecular flexibility index (Phi) is 3.32.